The highest BCUT2D eigenvalue weighted by Gasteiger charge is 2.47. The second-order valence-electron chi connectivity index (χ2n) is 6.19. The van der Waals surface area contributed by atoms with Gasteiger partial charge < -0.3 is 4.74 Å². The summed E-state index contributed by atoms with van der Waals surface area (Å²) in [6.45, 7) is 5.15. The number of ether oxygens (including phenoxy) is 1. The maximum atomic E-state index is 6.08. The highest BCUT2D eigenvalue weighted by atomic mass is 35.5. The van der Waals surface area contributed by atoms with Crippen LogP contribution in [0.5, 0.6) is 0 Å². The van der Waals surface area contributed by atoms with Crippen molar-refractivity contribution in [2.24, 2.45) is 0 Å². The van der Waals surface area contributed by atoms with Crippen LogP contribution < -0.4 is 0 Å². The molecule has 0 N–H and O–H groups in total. The third-order valence-electron chi connectivity index (χ3n) is 4.32. The lowest BCUT2D eigenvalue weighted by atomic mass is 10.0. The topological polar surface area (TPSA) is 12.2 Å². The predicted octanol–water partition coefficient (Wildman–Crippen LogP) is 4.58. The fourth-order valence-corrected chi connectivity index (χ4v) is 3.20. The standard InChI is InChI=1S/C20H21ClNO/c1-20(2)18(15-21)23-19(17-11-7-4-8-12-17)22(20)14-13-16-9-5-3-6-10-16/h3-12,15H,13-14H2,1-2H3/q+1. The van der Waals surface area contributed by atoms with Gasteiger partial charge in [-0.1, -0.05) is 60.1 Å². The molecule has 0 radical (unpaired) electrons. The molecule has 1 aliphatic rings. The molecule has 1 heterocycles. The third kappa shape index (κ3) is 3.18. The smallest absolute Gasteiger partial charge is 0.376 e. The normalized spacial score (nSPS) is 18.3. The number of benzene rings is 2. The molecule has 23 heavy (non-hydrogen) atoms. The van der Waals surface area contributed by atoms with Crippen LogP contribution in [0.2, 0.25) is 0 Å². The molecular weight excluding hydrogens is 306 g/mol. The Balaban J connectivity index is 1.96. The van der Waals surface area contributed by atoms with E-state index in [1.807, 2.05) is 24.3 Å². The maximum Gasteiger partial charge on any atom is 0.376 e. The summed E-state index contributed by atoms with van der Waals surface area (Å²) in [7, 11) is 0. The van der Waals surface area contributed by atoms with E-state index in [-0.39, 0.29) is 5.54 Å². The molecule has 0 saturated heterocycles. The summed E-state index contributed by atoms with van der Waals surface area (Å²) >= 11 is 6.00. The molecule has 0 aliphatic carbocycles. The fourth-order valence-electron chi connectivity index (χ4n) is 2.89. The van der Waals surface area contributed by atoms with Crippen molar-refractivity contribution in [2.45, 2.75) is 25.8 Å². The number of halogens is 1. The Morgan fingerprint density at radius 2 is 1.61 bits per heavy atom. The van der Waals surface area contributed by atoms with Crippen molar-refractivity contribution in [1.82, 2.24) is 0 Å². The van der Waals surface area contributed by atoms with Gasteiger partial charge in [-0.25, -0.2) is 0 Å². The van der Waals surface area contributed by atoms with Crippen molar-refractivity contribution >= 4 is 17.5 Å². The number of hydrogen-bond acceptors (Lipinski definition) is 1. The van der Waals surface area contributed by atoms with Gasteiger partial charge in [-0.2, -0.15) is 4.58 Å². The molecule has 0 atom stereocenters. The van der Waals surface area contributed by atoms with E-state index in [0.717, 1.165) is 30.2 Å². The van der Waals surface area contributed by atoms with Gasteiger partial charge in [-0.05, 0) is 17.7 Å². The van der Waals surface area contributed by atoms with E-state index in [9.17, 15) is 0 Å². The summed E-state index contributed by atoms with van der Waals surface area (Å²) in [5.41, 5.74) is 3.67. The van der Waals surface area contributed by atoms with Crippen molar-refractivity contribution in [2.75, 3.05) is 6.54 Å². The van der Waals surface area contributed by atoms with Gasteiger partial charge in [0, 0.05) is 20.3 Å². The van der Waals surface area contributed by atoms with Crippen LogP contribution in [0, 0.1) is 0 Å². The first-order valence-electron chi connectivity index (χ1n) is 7.85. The summed E-state index contributed by atoms with van der Waals surface area (Å²) in [4.78, 5) is 0. The Kier molecular flexibility index (Phi) is 4.53. The van der Waals surface area contributed by atoms with Gasteiger partial charge in [0.15, 0.2) is 12.3 Å². The van der Waals surface area contributed by atoms with Crippen molar-refractivity contribution in [1.29, 1.82) is 0 Å². The number of hydrogen-bond donors (Lipinski definition) is 0. The second-order valence-corrected chi connectivity index (χ2v) is 6.41. The molecule has 0 aromatic heterocycles. The van der Waals surface area contributed by atoms with Gasteiger partial charge in [0.05, 0.1) is 11.1 Å². The number of rotatable bonds is 4. The van der Waals surface area contributed by atoms with Gasteiger partial charge in [-0.3, -0.25) is 0 Å². The minimum atomic E-state index is -0.262. The molecule has 0 saturated carbocycles. The zero-order valence-corrected chi connectivity index (χ0v) is 14.3. The quantitative estimate of drug-likeness (QED) is 0.749. The molecule has 2 nitrogen and oxygen atoms in total. The molecule has 118 valence electrons. The molecule has 3 heteroatoms. The van der Waals surface area contributed by atoms with Gasteiger partial charge in [-0.15, -0.1) is 0 Å². The van der Waals surface area contributed by atoms with E-state index in [4.69, 9.17) is 16.3 Å². The molecule has 0 fully saturated rings. The summed E-state index contributed by atoms with van der Waals surface area (Å²) in [6, 6.07) is 20.7. The molecular formula is C20H21ClNO+. The van der Waals surface area contributed by atoms with Crippen molar-refractivity contribution in [3.05, 3.63) is 83.1 Å². The first kappa shape index (κ1) is 15.8. The Labute approximate surface area is 142 Å². The second kappa shape index (κ2) is 6.59. The van der Waals surface area contributed by atoms with Crippen LogP contribution in [-0.4, -0.2) is 22.6 Å². The maximum absolute atomic E-state index is 6.08. The Hall–Kier alpha value is -2.06. The summed E-state index contributed by atoms with van der Waals surface area (Å²) < 4.78 is 8.38. The minimum Gasteiger partial charge on any atom is -0.401 e. The number of nitrogens with zero attached hydrogens (tertiary/aromatic N) is 1. The van der Waals surface area contributed by atoms with Crippen LogP contribution in [0.3, 0.4) is 0 Å². The Morgan fingerprint density at radius 3 is 2.22 bits per heavy atom. The highest BCUT2D eigenvalue weighted by Crippen LogP contribution is 2.31. The molecule has 1 aliphatic heterocycles. The van der Waals surface area contributed by atoms with E-state index < -0.39 is 0 Å². The molecule has 2 aromatic carbocycles. The fraction of sp³-hybridized carbons (Fsp3) is 0.250. The minimum absolute atomic E-state index is 0.262. The first-order chi connectivity index (χ1) is 11.1. The first-order valence-corrected chi connectivity index (χ1v) is 8.29. The van der Waals surface area contributed by atoms with Crippen LogP contribution in [0.4, 0.5) is 0 Å². The van der Waals surface area contributed by atoms with E-state index in [1.54, 1.807) is 5.54 Å². The lowest BCUT2D eigenvalue weighted by Crippen LogP contribution is -2.36. The average Bonchev–Trinajstić information content (AvgIpc) is 2.84. The van der Waals surface area contributed by atoms with E-state index >= 15 is 0 Å². The van der Waals surface area contributed by atoms with Crippen molar-refractivity contribution < 1.29 is 9.31 Å². The molecule has 0 amide bonds. The lowest BCUT2D eigenvalue weighted by molar-refractivity contribution is -0.583. The Bertz CT molecular complexity index is 733. The van der Waals surface area contributed by atoms with E-state index in [1.165, 1.54) is 5.56 Å². The molecule has 0 spiro atoms. The lowest BCUT2D eigenvalue weighted by Gasteiger charge is -2.15. The van der Waals surface area contributed by atoms with E-state index in [2.05, 4.69) is 54.8 Å². The van der Waals surface area contributed by atoms with Crippen LogP contribution in [0.15, 0.2) is 72.0 Å². The van der Waals surface area contributed by atoms with Crippen LogP contribution >= 0.6 is 11.6 Å². The molecule has 3 rings (SSSR count). The largest absolute Gasteiger partial charge is 0.401 e. The Morgan fingerprint density at radius 1 is 1.00 bits per heavy atom. The SMILES string of the molecule is CC1(C)C(=CCl)OC(c2ccccc2)=[N+]1CCc1ccccc1. The molecule has 0 unspecified atom stereocenters. The average molecular weight is 327 g/mol. The predicted molar refractivity (Wildman–Crippen MR) is 94.9 cm³/mol. The zero-order valence-electron chi connectivity index (χ0n) is 13.5. The van der Waals surface area contributed by atoms with Crippen molar-refractivity contribution in [3.8, 4) is 0 Å². The van der Waals surface area contributed by atoms with Gasteiger partial charge >= 0.3 is 5.90 Å². The molecule has 2 aromatic rings. The van der Waals surface area contributed by atoms with Gasteiger partial charge in [0.25, 0.3) is 0 Å². The monoisotopic (exact) mass is 326 g/mol. The van der Waals surface area contributed by atoms with Crippen LogP contribution in [0.25, 0.3) is 0 Å². The summed E-state index contributed by atoms with van der Waals surface area (Å²) in [5, 5.41) is 0. The van der Waals surface area contributed by atoms with E-state index in [0.29, 0.717) is 0 Å². The zero-order chi connectivity index (χ0) is 16.3. The molecule has 0 bridgehead atoms. The third-order valence-corrected chi connectivity index (χ3v) is 4.51. The summed E-state index contributed by atoms with van der Waals surface area (Å²) in [6.07, 6.45) is 0.958. The van der Waals surface area contributed by atoms with Crippen LogP contribution in [-0.2, 0) is 11.2 Å². The van der Waals surface area contributed by atoms with Crippen LogP contribution in [0.1, 0.15) is 25.0 Å². The van der Waals surface area contributed by atoms with Crippen molar-refractivity contribution in [3.63, 3.8) is 0 Å². The highest BCUT2D eigenvalue weighted by molar-refractivity contribution is 6.25. The summed E-state index contributed by atoms with van der Waals surface area (Å²) in [5.74, 6) is 1.66. The van der Waals surface area contributed by atoms with Gasteiger partial charge in [0.1, 0.15) is 0 Å². The van der Waals surface area contributed by atoms with Gasteiger partial charge in [0.2, 0.25) is 5.54 Å².